The number of nitrogens with one attached hydrogen (secondary N) is 1. The monoisotopic (exact) mass is 265 g/mol. The Balaban J connectivity index is 1.23. The molecule has 3 aliphatic rings. The van der Waals surface area contributed by atoms with Crippen LogP contribution in [-0.4, -0.2) is 61.7 Å². The lowest BCUT2D eigenvalue weighted by molar-refractivity contribution is 0.173. The maximum atomic E-state index is 3.70. The van der Waals surface area contributed by atoms with Crippen LogP contribution in [0.5, 0.6) is 0 Å². The molecule has 0 bridgehead atoms. The summed E-state index contributed by atoms with van der Waals surface area (Å²) in [7, 11) is 0. The molecule has 3 heteroatoms. The average Bonchev–Trinajstić information content (AvgIpc) is 3.13. The first kappa shape index (κ1) is 13.8. The Hall–Kier alpha value is -0.120. The zero-order chi connectivity index (χ0) is 12.9. The maximum Gasteiger partial charge on any atom is 0.00683 e. The van der Waals surface area contributed by atoms with Crippen LogP contribution in [0.4, 0.5) is 0 Å². The standard InChI is InChI=1S/C16H31N3/c1-2-9-18(8-1)10-3-11-19-12-6-15(7-13-19)14-17-16-4-5-16/h15-17H,1-14H2. The third kappa shape index (κ3) is 4.73. The SMILES string of the molecule is C1CCN(CCCN2CCC(CNC3CC3)CC2)C1. The molecule has 0 radical (unpaired) electrons. The second-order valence-corrected chi connectivity index (χ2v) is 6.87. The molecule has 3 fully saturated rings. The van der Waals surface area contributed by atoms with Gasteiger partial charge in [0.1, 0.15) is 0 Å². The van der Waals surface area contributed by atoms with E-state index in [1.807, 2.05) is 0 Å². The van der Waals surface area contributed by atoms with E-state index in [9.17, 15) is 0 Å². The number of likely N-dealkylation sites (tertiary alicyclic amines) is 2. The van der Waals surface area contributed by atoms with E-state index in [0.717, 1.165) is 12.0 Å². The Kier molecular flexibility index (Phi) is 5.14. The van der Waals surface area contributed by atoms with Crippen LogP contribution in [0.15, 0.2) is 0 Å². The third-order valence-corrected chi connectivity index (χ3v) is 5.13. The number of nitrogens with zero attached hydrogens (tertiary/aromatic N) is 2. The predicted octanol–water partition coefficient (Wildman–Crippen LogP) is 1.94. The van der Waals surface area contributed by atoms with E-state index in [1.165, 1.54) is 90.8 Å². The molecule has 0 atom stereocenters. The van der Waals surface area contributed by atoms with Crippen LogP contribution in [-0.2, 0) is 0 Å². The lowest BCUT2D eigenvalue weighted by atomic mass is 9.96. The van der Waals surface area contributed by atoms with Crippen molar-refractivity contribution in [2.75, 3.05) is 45.8 Å². The van der Waals surface area contributed by atoms with Crippen LogP contribution in [0.3, 0.4) is 0 Å². The normalized spacial score (nSPS) is 27.2. The second-order valence-electron chi connectivity index (χ2n) is 6.87. The van der Waals surface area contributed by atoms with Crippen molar-refractivity contribution in [3.63, 3.8) is 0 Å². The second kappa shape index (κ2) is 7.05. The Bertz CT molecular complexity index is 251. The summed E-state index contributed by atoms with van der Waals surface area (Å²) in [6, 6.07) is 0.887. The largest absolute Gasteiger partial charge is 0.314 e. The fourth-order valence-corrected chi connectivity index (χ4v) is 3.56. The summed E-state index contributed by atoms with van der Waals surface area (Å²) in [5.74, 6) is 0.954. The van der Waals surface area contributed by atoms with Gasteiger partial charge in [-0.15, -0.1) is 0 Å². The molecule has 1 N–H and O–H groups in total. The highest BCUT2D eigenvalue weighted by molar-refractivity contribution is 4.83. The lowest BCUT2D eigenvalue weighted by Crippen LogP contribution is -2.38. The van der Waals surface area contributed by atoms with Gasteiger partial charge < -0.3 is 15.1 Å². The first-order chi connectivity index (χ1) is 9.40. The molecule has 19 heavy (non-hydrogen) atoms. The van der Waals surface area contributed by atoms with Crippen molar-refractivity contribution in [1.29, 1.82) is 0 Å². The van der Waals surface area contributed by atoms with Crippen molar-refractivity contribution in [2.24, 2.45) is 5.92 Å². The molecule has 2 aliphatic heterocycles. The van der Waals surface area contributed by atoms with E-state index in [4.69, 9.17) is 0 Å². The summed E-state index contributed by atoms with van der Waals surface area (Å²) in [4.78, 5) is 5.34. The summed E-state index contributed by atoms with van der Waals surface area (Å²) < 4.78 is 0. The van der Waals surface area contributed by atoms with Gasteiger partial charge in [-0.25, -0.2) is 0 Å². The van der Waals surface area contributed by atoms with E-state index in [1.54, 1.807) is 0 Å². The van der Waals surface area contributed by atoms with Gasteiger partial charge in [0.05, 0.1) is 0 Å². The quantitative estimate of drug-likeness (QED) is 0.759. The molecule has 110 valence electrons. The van der Waals surface area contributed by atoms with Crippen molar-refractivity contribution in [3.05, 3.63) is 0 Å². The molecule has 2 saturated heterocycles. The topological polar surface area (TPSA) is 18.5 Å². The molecule has 0 unspecified atom stereocenters. The Morgan fingerprint density at radius 1 is 0.789 bits per heavy atom. The summed E-state index contributed by atoms with van der Waals surface area (Å²) in [5, 5.41) is 3.70. The van der Waals surface area contributed by atoms with Gasteiger partial charge in [-0.3, -0.25) is 0 Å². The predicted molar refractivity (Wildman–Crippen MR) is 80.5 cm³/mol. The molecule has 0 amide bonds. The average molecular weight is 265 g/mol. The van der Waals surface area contributed by atoms with E-state index in [-0.39, 0.29) is 0 Å². The number of hydrogen-bond acceptors (Lipinski definition) is 3. The molecule has 3 nitrogen and oxygen atoms in total. The van der Waals surface area contributed by atoms with Gasteiger partial charge in [0.15, 0.2) is 0 Å². The maximum absolute atomic E-state index is 3.70. The van der Waals surface area contributed by atoms with Gasteiger partial charge >= 0.3 is 0 Å². The first-order valence-electron chi connectivity index (χ1n) is 8.58. The number of rotatable bonds is 7. The third-order valence-electron chi connectivity index (χ3n) is 5.13. The van der Waals surface area contributed by atoms with Crippen molar-refractivity contribution < 1.29 is 0 Å². The van der Waals surface area contributed by atoms with Crippen molar-refractivity contribution in [3.8, 4) is 0 Å². The van der Waals surface area contributed by atoms with E-state index in [0.29, 0.717) is 0 Å². The fraction of sp³-hybridized carbons (Fsp3) is 1.00. The molecule has 0 aromatic heterocycles. The van der Waals surface area contributed by atoms with E-state index in [2.05, 4.69) is 15.1 Å². The van der Waals surface area contributed by atoms with Crippen LogP contribution in [0, 0.1) is 5.92 Å². The Morgan fingerprint density at radius 3 is 2.05 bits per heavy atom. The molecular formula is C16H31N3. The van der Waals surface area contributed by atoms with Crippen LogP contribution in [0.2, 0.25) is 0 Å². The van der Waals surface area contributed by atoms with Crippen LogP contribution < -0.4 is 5.32 Å². The van der Waals surface area contributed by atoms with Crippen LogP contribution in [0.25, 0.3) is 0 Å². The number of hydrogen-bond donors (Lipinski definition) is 1. The van der Waals surface area contributed by atoms with Gasteiger partial charge in [-0.2, -0.15) is 0 Å². The molecular weight excluding hydrogens is 234 g/mol. The van der Waals surface area contributed by atoms with E-state index < -0.39 is 0 Å². The highest BCUT2D eigenvalue weighted by Gasteiger charge is 2.24. The van der Waals surface area contributed by atoms with Crippen molar-refractivity contribution in [1.82, 2.24) is 15.1 Å². The van der Waals surface area contributed by atoms with Gasteiger partial charge in [0.25, 0.3) is 0 Å². The minimum Gasteiger partial charge on any atom is -0.314 e. The van der Waals surface area contributed by atoms with Crippen molar-refractivity contribution >= 4 is 0 Å². The van der Waals surface area contributed by atoms with Gasteiger partial charge in [-0.05, 0) is 96.7 Å². The molecule has 2 heterocycles. The molecule has 0 aromatic rings. The molecule has 1 saturated carbocycles. The van der Waals surface area contributed by atoms with Gasteiger partial charge in [0, 0.05) is 6.04 Å². The molecule has 0 aromatic carbocycles. The summed E-state index contributed by atoms with van der Waals surface area (Å²) in [5.41, 5.74) is 0. The zero-order valence-corrected chi connectivity index (χ0v) is 12.4. The first-order valence-corrected chi connectivity index (χ1v) is 8.58. The number of piperidine rings is 1. The summed E-state index contributed by atoms with van der Waals surface area (Å²) in [6.45, 7) is 9.35. The van der Waals surface area contributed by atoms with Gasteiger partial charge in [0.2, 0.25) is 0 Å². The highest BCUT2D eigenvalue weighted by Crippen LogP contribution is 2.21. The fourth-order valence-electron chi connectivity index (χ4n) is 3.56. The Labute approximate surface area is 118 Å². The van der Waals surface area contributed by atoms with Crippen LogP contribution >= 0.6 is 0 Å². The smallest absolute Gasteiger partial charge is 0.00683 e. The molecule has 3 rings (SSSR count). The Morgan fingerprint density at radius 2 is 1.42 bits per heavy atom. The van der Waals surface area contributed by atoms with Crippen molar-refractivity contribution in [2.45, 2.75) is 51.0 Å². The highest BCUT2D eigenvalue weighted by atomic mass is 15.2. The molecule has 0 spiro atoms. The summed E-state index contributed by atoms with van der Waals surface area (Å²) in [6.07, 6.45) is 9.93. The minimum absolute atomic E-state index is 0.887. The lowest BCUT2D eigenvalue weighted by Gasteiger charge is -2.32. The van der Waals surface area contributed by atoms with E-state index >= 15 is 0 Å². The molecule has 1 aliphatic carbocycles. The zero-order valence-electron chi connectivity index (χ0n) is 12.4. The van der Waals surface area contributed by atoms with Crippen LogP contribution in [0.1, 0.15) is 44.9 Å². The minimum atomic E-state index is 0.887. The summed E-state index contributed by atoms with van der Waals surface area (Å²) >= 11 is 0. The van der Waals surface area contributed by atoms with Gasteiger partial charge in [-0.1, -0.05) is 0 Å².